The van der Waals surface area contributed by atoms with E-state index in [0.717, 1.165) is 0 Å². The molecule has 2 aromatic heterocycles. The molecule has 8 N–H and O–H groups in total. The van der Waals surface area contributed by atoms with Crippen molar-refractivity contribution in [3.05, 3.63) is 42.5 Å². The predicted octanol–water partition coefficient (Wildman–Crippen LogP) is -2.32. The smallest absolute Gasteiger partial charge is 0.362 e. The van der Waals surface area contributed by atoms with Crippen LogP contribution in [0, 0.1) is 0 Å². The Morgan fingerprint density at radius 2 is 1.91 bits per heavy atom. The molecule has 3 heterocycles. The number of anilines is 1. The summed E-state index contributed by atoms with van der Waals surface area (Å²) in [6.45, 7) is -0.714. The summed E-state index contributed by atoms with van der Waals surface area (Å²) in [4.78, 5) is 24.1. The largest absolute Gasteiger partial charge is 0.508 e. The molecule has 0 bridgehead atoms. The zero-order valence-corrected chi connectivity index (χ0v) is 18.8. The number of ether oxygens (including phenoxy) is 1. The number of benzene rings is 1. The van der Waals surface area contributed by atoms with Crippen molar-refractivity contribution in [3.8, 4) is 5.75 Å². The quantitative estimate of drug-likeness (QED) is 0.187. The van der Waals surface area contributed by atoms with Gasteiger partial charge in [-0.3, -0.25) is 13.5 Å². The van der Waals surface area contributed by atoms with Gasteiger partial charge in [0.15, 0.2) is 17.7 Å². The first-order valence-electron chi connectivity index (χ1n) is 10.2. The molecule has 1 aliphatic heterocycles. The monoisotopic (exact) mass is 509 g/mol. The van der Waals surface area contributed by atoms with Crippen molar-refractivity contribution >= 4 is 33.2 Å². The van der Waals surface area contributed by atoms with Gasteiger partial charge in [0.25, 0.3) is 5.91 Å². The maximum Gasteiger partial charge on any atom is 0.362 e. The van der Waals surface area contributed by atoms with E-state index in [9.17, 15) is 28.5 Å². The van der Waals surface area contributed by atoms with Gasteiger partial charge in [0, 0.05) is 0 Å². The molecule has 15 nitrogen and oxygen atoms in total. The number of imidazole rings is 1. The van der Waals surface area contributed by atoms with Crippen LogP contribution in [0.2, 0.25) is 0 Å². The third kappa shape index (κ3) is 5.31. The molecule has 1 fully saturated rings. The van der Waals surface area contributed by atoms with Crippen LogP contribution < -0.4 is 16.2 Å². The van der Waals surface area contributed by atoms with E-state index in [0.29, 0.717) is 5.56 Å². The number of nitrogens with one attached hydrogen (secondary N) is 1. The van der Waals surface area contributed by atoms with E-state index in [2.05, 4.69) is 15.0 Å². The molecule has 0 saturated carbocycles. The lowest BCUT2D eigenvalue weighted by Gasteiger charge is -2.16. The van der Waals surface area contributed by atoms with Crippen molar-refractivity contribution in [2.75, 3.05) is 12.3 Å². The summed E-state index contributed by atoms with van der Waals surface area (Å²) in [6, 6.07) is 4.67. The number of carbonyl (C=O) groups is 1. The fourth-order valence-corrected chi connectivity index (χ4v) is 4.29. The number of nitrogens with two attached hydrogens (primary N) is 2. The molecule has 0 spiro atoms. The Bertz CT molecular complexity index is 1320. The second-order valence-electron chi connectivity index (χ2n) is 7.81. The molecule has 0 aliphatic carbocycles. The van der Waals surface area contributed by atoms with Crippen LogP contribution >= 0.6 is 0 Å². The number of aromatic hydroxyl groups is 1. The molecule has 16 heteroatoms. The van der Waals surface area contributed by atoms with Crippen molar-refractivity contribution in [2.24, 2.45) is 5.73 Å². The minimum Gasteiger partial charge on any atom is -0.508 e. The maximum absolute atomic E-state index is 12.2. The van der Waals surface area contributed by atoms with Crippen molar-refractivity contribution in [1.82, 2.24) is 24.2 Å². The Morgan fingerprint density at radius 1 is 1.20 bits per heavy atom. The number of nitrogens with zero attached hydrogens (tertiary/aromatic N) is 4. The van der Waals surface area contributed by atoms with Gasteiger partial charge in [0.05, 0.1) is 19.0 Å². The molecular formula is C19H23N7O8S. The zero-order chi connectivity index (χ0) is 25.3. The third-order valence-electron chi connectivity index (χ3n) is 5.34. The predicted molar refractivity (Wildman–Crippen MR) is 118 cm³/mol. The number of aromatic nitrogens is 4. The summed E-state index contributed by atoms with van der Waals surface area (Å²) in [6.07, 6.45) is -2.97. The van der Waals surface area contributed by atoms with Crippen molar-refractivity contribution in [1.29, 1.82) is 0 Å². The minimum atomic E-state index is -4.61. The van der Waals surface area contributed by atoms with Gasteiger partial charge in [-0.15, -0.1) is 0 Å². The van der Waals surface area contributed by atoms with Gasteiger partial charge in [-0.05, 0) is 24.1 Å². The molecule has 1 amide bonds. The van der Waals surface area contributed by atoms with Gasteiger partial charge in [0.2, 0.25) is 0 Å². The molecule has 4 rings (SSSR count). The fraction of sp³-hybridized carbons (Fsp3) is 0.368. The van der Waals surface area contributed by atoms with Crippen LogP contribution in [-0.2, 0) is 30.4 Å². The summed E-state index contributed by atoms with van der Waals surface area (Å²) in [5, 5.41) is 30.1. The summed E-state index contributed by atoms with van der Waals surface area (Å²) < 4.78 is 37.8. The highest BCUT2D eigenvalue weighted by molar-refractivity contribution is 7.85. The van der Waals surface area contributed by atoms with Gasteiger partial charge in [0.1, 0.15) is 35.9 Å². The van der Waals surface area contributed by atoms with E-state index in [1.165, 1.54) is 41.5 Å². The van der Waals surface area contributed by atoms with Gasteiger partial charge in [-0.2, -0.15) is 8.42 Å². The Hall–Kier alpha value is -3.41. The second kappa shape index (κ2) is 9.68. The van der Waals surface area contributed by atoms with Crippen molar-refractivity contribution in [3.63, 3.8) is 0 Å². The van der Waals surface area contributed by atoms with Gasteiger partial charge in [-0.1, -0.05) is 12.1 Å². The van der Waals surface area contributed by atoms with E-state index >= 15 is 0 Å². The SMILES string of the molecule is Nc1ncnc2c1ncn2[C@@H]1O[C@H](COS(=O)(=O)NC(=O)C(N)Cc2ccc(O)cc2)[C@@H](O)[C@H]1O. The van der Waals surface area contributed by atoms with Gasteiger partial charge in [-0.25, -0.2) is 19.7 Å². The first-order valence-corrected chi connectivity index (χ1v) is 11.7. The van der Waals surface area contributed by atoms with Crippen LogP contribution in [0.4, 0.5) is 5.82 Å². The van der Waals surface area contributed by atoms with E-state index < -0.39 is 53.4 Å². The molecule has 1 unspecified atom stereocenters. The van der Waals surface area contributed by atoms with Crippen LogP contribution in [0.5, 0.6) is 5.75 Å². The van der Waals surface area contributed by atoms with Crippen molar-refractivity contribution in [2.45, 2.75) is 37.0 Å². The summed E-state index contributed by atoms with van der Waals surface area (Å²) in [5.41, 5.74) is 12.6. The number of phenols is 1. The number of hydrogen-bond acceptors (Lipinski definition) is 13. The molecule has 1 aliphatic rings. The number of rotatable bonds is 8. The van der Waals surface area contributed by atoms with E-state index in [1.807, 2.05) is 0 Å². The van der Waals surface area contributed by atoms with Crippen LogP contribution in [0.3, 0.4) is 0 Å². The number of aliphatic hydroxyl groups is 2. The number of amides is 1. The topological polar surface area (TPSA) is 238 Å². The molecular weight excluding hydrogens is 486 g/mol. The summed E-state index contributed by atoms with van der Waals surface area (Å²) in [7, 11) is -4.61. The van der Waals surface area contributed by atoms with Crippen LogP contribution in [0.25, 0.3) is 11.2 Å². The second-order valence-corrected chi connectivity index (χ2v) is 9.16. The molecule has 0 radical (unpaired) electrons. The highest BCUT2D eigenvalue weighted by atomic mass is 32.2. The first kappa shape index (κ1) is 24.7. The average Bonchev–Trinajstić information content (AvgIpc) is 3.36. The highest BCUT2D eigenvalue weighted by Gasteiger charge is 2.45. The van der Waals surface area contributed by atoms with E-state index in [4.69, 9.17) is 20.4 Å². The maximum atomic E-state index is 12.2. The fourth-order valence-electron chi connectivity index (χ4n) is 3.52. The Kier molecular flexibility index (Phi) is 6.84. The molecule has 5 atom stereocenters. The average molecular weight is 510 g/mol. The van der Waals surface area contributed by atoms with Gasteiger partial charge >= 0.3 is 10.3 Å². The van der Waals surface area contributed by atoms with Crippen LogP contribution in [0.1, 0.15) is 11.8 Å². The number of hydrogen-bond donors (Lipinski definition) is 6. The number of phenolic OH excluding ortho intramolecular Hbond substituents is 1. The Balaban J connectivity index is 1.36. The first-order chi connectivity index (χ1) is 16.6. The standard InChI is InChI=1S/C19H23N7O8S/c20-11(5-9-1-3-10(27)4-2-9)18(30)25-35(31,32)33-6-12-14(28)15(29)19(34-12)26-8-24-13-16(21)22-7-23-17(13)26/h1-4,7-8,11-12,14-15,19,27-29H,5-6,20H2,(H,25,30)(H2,21,22,23)/t11?,12-,14-,15-,19-/m1/s1. The van der Waals surface area contributed by atoms with Gasteiger partial charge < -0.3 is 31.5 Å². The summed E-state index contributed by atoms with van der Waals surface area (Å²) in [5.74, 6) is -0.886. The minimum absolute atomic E-state index is 0.00683. The van der Waals surface area contributed by atoms with E-state index in [1.54, 1.807) is 4.72 Å². The summed E-state index contributed by atoms with van der Waals surface area (Å²) >= 11 is 0. The Morgan fingerprint density at radius 3 is 2.63 bits per heavy atom. The molecule has 188 valence electrons. The normalized spacial score (nSPS) is 23.4. The molecule has 3 aromatic rings. The van der Waals surface area contributed by atoms with Crippen molar-refractivity contribution < 1.29 is 37.5 Å². The number of fused-ring (bicyclic) bond motifs is 1. The Labute approximate surface area is 198 Å². The lowest BCUT2D eigenvalue weighted by atomic mass is 10.1. The lowest BCUT2D eigenvalue weighted by molar-refractivity contribution is -0.120. The molecule has 1 aromatic carbocycles. The molecule has 35 heavy (non-hydrogen) atoms. The van der Waals surface area contributed by atoms with Crippen LogP contribution in [-0.4, -0.2) is 80.1 Å². The lowest BCUT2D eigenvalue weighted by Crippen LogP contribution is -2.45. The number of aliphatic hydroxyl groups excluding tert-OH is 2. The zero-order valence-electron chi connectivity index (χ0n) is 18.0. The number of carbonyl (C=O) groups excluding carboxylic acids is 1. The highest BCUT2D eigenvalue weighted by Crippen LogP contribution is 2.32. The van der Waals surface area contributed by atoms with Crippen LogP contribution in [0.15, 0.2) is 36.9 Å². The number of nitrogen functional groups attached to an aromatic ring is 1. The molecule has 1 saturated heterocycles. The van der Waals surface area contributed by atoms with E-state index in [-0.39, 0.29) is 29.2 Å². The third-order valence-corrected chi connectivity index (χ3v) is 6.24.